The maximum Gasteiger partial charge on any atom is 0.338 e. The third-order valence-electron chi connectivity index (χ3n) is 3.31. The van der Waals surface area contributed by atoms with Gasteiger partial charge in [0.15, 0.2) is 11.9 Å². The van der Waals surface area contributed by atoms with E-state index in [0.717, 1.165) is 5.56 Å². The lowest BCUT2D eigenvalue weighted by Crippen LogP contribution is -2.36. The van der Waals surface area contributed by atoms with Crippen molar-refractivity contribution in [1.29, 1.82) is 0 Å². The average molecular weight is 278 g/mol. The highest BCUT2D eigenvalue weighted by atomic mass is 16.8. The molecule has 0 unspecified atom stereocenters. The molecule has 3 atom stereocenters. The summed E-state index contributed by atoms with van der Waals surface area (Å²) >= 11 is 0. The molecular weight excluding hydrogens is 260 g/mol. The molecule has 0 spiro atoms. The van der Waals surface area contributed by atoms with Gasteiger partial charge in [-0.2, -0.15) is 0 Å². The molecule has 0 aliphatic carbocycles. The van der Waals surface area contributed by atoms with Crippen LogP contribution in [0.15, 0.2) is 30.3 Å². The lowest BCUT2D eigenvalue weighted by molar-refractivity contribution is -0.171. The first kappa shape index (κ1) is 13.5. The summed E-state index contributed by atoms with van der Waals surface area (Å²) in [5.74, 6) is -1.19. The summed E-state index contributed by atoms with van der Waals surface area (Å²) in [6, 6.07) is 9.54. The first-order valence-corrected chi connectivity index (χ1v) is 6.73. The summed E-state index contributed by atoms with van der Waals surface area (Å²) in [7, 11) is 0. The predicted molar refractivity (Wildman–Crippen MR) is 69.8 cm³/mol. The number of rotatable bonds is 4. The molecule has 3 rings (SSSR count). The number of esters is 1. The lowest BCUT2D eigenvalue weighted by Gasteiger charge is -2.16. The minimum atomic E-state index is -0.785. The van der Waals surface area contributed by atoms with Gasteiger partial charge in [-0.1, -0.05) is 30.3 Å². The Morgan fingerprint density at radius 2 is 2.00 bits per heavy atom. The summed E-state index contributed by atoms with van der Waals surface area (Å²) < 4.78 is 21.9. The maximum absolute atomic E-state index is 12.2. The SMILES string of the molecule is CC1(C)O[C@@H]([C@H]2CO2)[C@@H](C(=O)OCc2ccccc2)O1. The Bertz CT molecular complexity index is 480. The first-order valence-electron chi connectivity index (χ1n) is 6.73. The highest BCUT2D eigenvalue weighted by molar-refractivity contribution is 5.76. The van der Waals surface area contributed by atoms with Crippen LogP contribution in [0.25, 0.3) is 0 Å². The van der Waals surface area contributed by atoms with Gasteiger partial charge in [-0.3, -0.25) is 0 Å². The molecule has 2 aliphatic rings. The summed E-state index contributed by atoms with van der Waals surface area (Å²) in [6.07, 6.45) is -1.17. The Morgan fingerprint density at radius 3 is 2.65 bits per heavy atom. The fourth-order valence-electron chi connectivity index (χ4n) is 2.30. The number of hydrogen-bond donors (Lipinski definition) is 0. The molecule has 2 fully saturated rings. The van der Waals surface area contributed by atoms with Crippen molar-refractivity contribution in [2.45, 2.75) is 44.6 Å². The largest absolute Gasteiger partial charge is 0.459 e. The Balaban J connectivity index is 1.61. The molecule has 20 heavy (non-hydrogen) atoms. The van der Waals surface area contributed by atoms with E-state index in [4.69, 9.17) is 18.9 Å². The third kappa shape index (κ3) is 3.00. The van der Waals surface area contributed by atoms with Gasteiger partial charge in [-0.25, -0.2) is 4.79 Å². The van der Waals surface area contributed by atoms with E-state index in [9.17, 15) is 4.79 Å². The monoisotopic (exact) mass is 278 g/mol. The molecule has 5 heteroatoms. The van der Waals surface area contributed by atoms with Gasteiger partial charge < -0.3 is 18.9 Å². The van der Waals surface area contributed by atoms with E-state index < -0.39 is 17.9 Å². The molecule has 5 nitrogen and oxygen atoms in total. The molecule has 0 amide bonds. The van der Waals surface area contributed by atoms with Crippen molar-refractivity contribution in [3.63, 3.8) is 0 Å². The summed E-state index contributed by atoms with van der Waals surface area (Å²) in [6.45, 7) is 4.41. The quantitative estimate of drug-likeness (QED) is 0.619. The van der Waals surface area contributed by atoms with Gasteiger partial charge in [0.25, 0.3) is 0 Å². The van der Waals surface area contributed by atoms with Crippen LogP contribution in [0.1, 0.15) is 19.4 Å². The third-order valence-corrected chi connectivity index (χ3v) is 3.31. The summed E-state index contributed by atoms with van der Waals surface area (Å²) in [5.41, 5.74) is 0.943. The van der Waals surface area contributed by atoms with Crippen molar-refractivity contribution in [2.24, 2.45) is 0 Å². The van der Waals surface area contributed by atoms with Crippen LogP contribution >= 0.6 is 0 Å². The molecule has 0 bridgehead atoms. The average Bonchev–Trinajstić information content (AvgIpc) is 3.21. The van der Waals surface area contributed by atoms with E-state index in [2.05, 4.69) is 0 Å². The fraction of sp³-hybridized carbons (Fsp3) is 0.533. The second kappa shape index (κ2) is 5.16. The molecule has 0 N–H and O–H groups in total. The first-order chi connectivity index (χ1) is 9.55. The number of carbonyl (C=O) groups is 1. The van der Waals surface area contributed by atoms with E-state index in [-0.39, 0.29) is 18.8 Å². The Hall–Kier alpha value is -1.43. The second-order valence-corrected chi connectivity index (χ2v) is 5.49. The van der Waals surface area contributed by atoms with Gasteiger partial charge in [0.2, 0.25) is 0 Å². The van der Waals surface area contributed by atoms with Gasteiger partial charge in [0.1, 0.15) is 18.8 Å². The number of ether oxygens (including phenoxy) is 4. The van der Waals surface area contributed by atoms with Crippen LogP contribution in [-0.2, 0) is 30.3 Å². The number of hydrogen-bond acceptors (Lipinski definition) is 5. The van der Waals surface area contributed by atoms with Crippen LogP contribution in [0.3, 0.4) is 0 Å². The fourth-order valence-corrected chi connectivity index (χ4v) is 2.30. The number of epoxide rings is 1. The maximum atomic E-state index is 12.2. The minimum absolute atomic E-state index is 0.0638. The van der Waals surface area contributed by atoms with Gasteiger partial charge in [-0.05, 0) is 19.4 Å². The topological polar surface area (TPSA) is 57.3 Å². The van der Waals surface area contributed by atoms with E-state index >= 15 is 0 Å². The van der Waals surface area contributed by atoms with Crippen LogP contribution in [0.2, 0.25) is 0 Å². The molecular formula is C15H18O5. The highest BCUT2D eigenvalue weighted by Crippen LogP contribution is 2.35. The standard InChI is InChI=1S/C15H18O5/c1-15(2)19-12(11-9-17-11)13(20-15)14(16)18-8-10-6-4-3-5-7-10/h3-7,11-13H,8-9H2,1-2H3/t11-,12+,13+/m1/s1. The molecule has 2 saturated heterocycles. The van der Waals surface area contributed by atoms with Gasteiger partial charge in [-0.15, -0.1) is 0 Å². The van der Waals surface area contributed by atoms with Gasteiger partial charge in [0.05, 0.1) is 6.61 Å². The lowest BCUT2D eigenvalue weighted by atomic mass is 10.1. The van der Waals surface area contributed by atoms with Crippen LogP contribution in [-0.4, -0.2) is 36.7 Å². The molecule has 1 aromatic rings. The van der Waals surface area contributed by atoms with Crippen LogP contribution in [0.5, 0.6) is 0 Å². The van der Waals surface area contributed by atoms with E-state index in [0.29, 0.717) is 6.61 Å². The van der Waals surface area contributed by atoms with Crippen molar-refractivity contribution in [2.75, 3.05) is 6.61 Å². The van der Waals surface area contributed by atoms with Crippen molar-refractivity contribution in [3.8, 4) is 0 Å². The van der Waals surface area contributed by atoms with Crippen LogP contribution in [0.4, 0.5) is 0 Å². The predicted octanol–water partition coefficient (Wildman–Crippen LogP) is 1.65. The Labute approximate surface area is 117 Å². The van der Waals surface area contributed by atoms with Gasteiger partial charge >= 0.3 is 5.97 Å². The van der Waals surface area contributed by atoms with E-state index in [1.165, 1.54) is 0 Å². The zero-order valence-corrected chi connectivity index (χ0v) is 11.6. The van der Waals surface area contributed by atoms with E-state index in [1.54, 1.807) is 13.8 Å². The molecule has 0 aromatic heterocycles. The number of benzene rings is 1. The number of carbonyl (C=O) groups excluding carboxylic acids is 1. The molecule has 2 heterocycles. The molecule has 0 saturated carbocycles. The van der Waals surface area contributed by atoms with Crippen LogP contribution in [0, 0.1) is 0 Å². The van der Waals surface area contributed by atoms with Crippen molar-refractivity contribution < 1.29 is 23.7 Å². The summed E-state index contributed by atoms with van der Waals surface area (Å²) in [4.78, 5) is 12.2. The van der Waals surface area contributed by atoms with Crippen molar-refractivity contribution in [3.05, 3.63) is 35.9 Å². The molecule has 108 valence electrons. The zero-order valence-electron chi connectivity index (χ0n) is 11.6. The zero-order chi connectivity index (χ0) is 14.2. The molecule has 2 aliphatic heterocycles. The normalized spacial score (nSPS) is 31.0. The highest BCUT2D eigenvalue weighted by Gasteiger charge is 2.53. The van der Waals surface area contributed by atoms with Gasteiger partial charge in [0, 0.05) is 0 Å². The minimum Gasteiger partial charge on any atom is -0.459 e. The Kier molecular flexibility index (Phi) is 3.50. The molecule has 0 radical (unpaired) electrons. The smallest absolute Gasteiger partial charge is 0.338 e. The molecule has 1 aromatic carbocycles. The van der Waals surface area contributed by atoms with Crippen molar-refractivity contribution in [1.82, 2.24) is 0 Å². The summed E-state index contributed by atoms with van der Waals surface area (Å²) in [5, 5.41) is 0. The van der Waals surface area contributed by atoms with Crippen LogP contribution < -0.4 is 0 Å². The van der Waals surface area contributed by atoms with E-state index in [1.807, 2.05) is 30.3 Å². The van der Waals surface area contributed by atoms with Crippen molar-refractivity contribution >= 4 is 5.97 Å². The second-order valence-electron chi connectivity index (χ2n) is 5.49. The Morgan fingerprint density at radius 1 is 1.30 bits per heavy atom.